The molecule has 0 unspecified atom stereocenters. The maximum atomic E-state index is 13.8. The molecule has 2 aliphatic carbocycles. The summed E-state index contributed by atoms with van der Waals surface area (Å²) in [5.74, 6) is -9.73. The van der Waals surface area contributed by atoms with Gasteiger partial charge in [-0.15, -0.1) is 0 Å². The van der Waals surface area contributed by atoms with E-state index in [1.165, 1.54) is 0 Å². The molecule has 360 valence electrons. The number of amides is 4. The van der Waals surface area contributed by atoms with Crippen LogP contribution in [0, 0.1) is 46.7 Å². The molecular weight excluding hydrogens is 887 g/mol. The van der Waals surface area contributed by atoms with Gasteiger partial charge in [-0.05, 0) is 74.6 Å². The molecule has 0 spiro atoms. The Morgan fingerprint density at radius 3 is 1.23 bits per heavy atom. The van der Waals surface area contributed by atoms with Crippen LogP contribution in [0.15, 0.2) is 36.4 Å². The summed E-state index contributed by atoms with van der Waals surface area (Å²) in [5.41, 5.74) is 9.39. The molecule has 4 saturated heterocycles. The van der Waals surface area contributed by atoms with Gasteiger partial charge in [-0.2, -0.15) is 0 Å². The van der Waals surface area contributed by atoms with Gasteiger partial charge in [0.2, 0.25) is 11.8 Å². The molecule has 2 saturated carbocycles. The number of carboxylic acids is 2. The highest BCUT2D eigenvalue weighted by Gasteiger charge is 2.55. The summed E-state index contributed by atoms with van der Waals surface area (Å²) in [6, 6.07) is 0.777. The Morgan fingerprint density at radius 1 is 0.576 bits per heavy atom. The Kier molecular flexibility index (Phi) is 15.2. The van der Waals surface area contributed by atoms with Gasteiger partial charge in [-0.25, -0.2) is 35.9 Å². The van der Waals surface area contributed by atoms with Crippen molar-refractivity contribution in [3.63, 3.8) is 0 Å². The summed E-state index contributed by atoms with van der Waals surface area (Å²) in [6.07, 6.45) is 4.29. The zero-order chi connectivity index (χ0) is 48.4. The minimum Gasteiger partial charge on any atom is -0.478 e. The van der Waals surface area contributed by atoms with Gasteiger partial charge in [0, 0.05) is 100 Å². The van der Waals surface area contributed by atoms with Crippen molar-refractivity contribution in [1.82, 2.24) is 19.6 Å². The Bertz CT molecular complexity index is 2110. The molecule has 6 aliphatic rings. The van der Waals surface area contributed by atoms with Gasteiger partial charge in [0.1, 0.15) is 22.8 Å². The summed E-state index contributed by atoms with van der Waals surface area (Å²) in [6.45, 7) is 2.97. The van der Waals surface area contributed by atoms with Crippen LogP contribution >= 0.6 is 0 Å². The second-order valence-corrected chi connectivity index (χ2v) is 18.0. The Morgan fingerprint density at radius 2 is 0.909 bits per heavy atom. The molecule has 2 aromatic carbocycles. The van der Waals surface area contributed by atoms with Crippen LogP contribution in [-0.4, -0.2) is 150 Å². The zero-order valence-corrected chi connectivity index (χ0v) is 35.7. The van der Waals surface area contributed by atoms with Crippen molar-refractivity contribution in [2.45, 2.75) is 99.6 Å². The standard InChI is InChI=1S/2C20H24F3N3O3.C4H4O4/c2*21-14-8-16(23)15(22)6-12(14)5-13(24)7-18(27)26-4-1-11-9-25(10-17(11)26)19(28)20(29)2-3-20;5-3(6)1-2-4(7)8/h2*6,8,11,13,17,29H,1-5,7,9-10,24H2;1-2H,(H,5,6)(H,7,8)/b;;2-1+/t2*11-,13+,17+;/m00./s1. The molecule has 0 bridgehead atoms. The van der Waals surface area contributed by atoms with E-state index in [-0.39, 0.29) is 84.4 Å². The van der Waals surface area contributed by atoms with Gasteiger partial charge < -0.3 is 51.5 Å². The fraction of sp³-hybridized carbons (Fsp3) is 0.545. The number of hydrogen-bond donors (Lipinski definition) is 6. The third-order valence-corrected chi connectivity index (χ3v) is 12.9. The predicted octanol–water partition coefficient (Wildman–Crippen LogP) is 1.61. The number of aliphatic hydroxyl groups is 2. The molecule has 2 aromatic rings. The largest absolute Gasteiger partial charge is 0.478 e. The lowest BCUT2D eigenvalue weighted by molar-refractivity contribution is -0.142. The van der Waals surface area contributed by atoms with Crippen LogP contribution in [0.5, 0.6) is 0 Å². The van der Waals surface area contributed by atoms with Crippen LogP contribution in [0.2, 0.25) is 0 Å². The summed E-state index contributed by atoms with van der Waals surface area (Å²) in [4.78, 5) is 76.0. The molecule has 4 heterocycles. The molecule has 22 heteroatoms. The fourth-order valence-electron chi connectivity index (χ4n) is 9.10. The molecule has 4 aliphatic heterocycles. The summed E-state index contributed by atoms with van der Waals surface area (Å²) >= 11 is 0. The fourth-order valence-corrected chi connectivity index (χ4v) is 9.10. The van der Waals surface area contributed by atoms with Crippen LogP contribution in [0.1, 0.15) is 62.5 Å². The molecule has 66 heavy (non-hydrogen) atoms. The molecule has 0 radical (unpaired) electrons. The smallest absolute Gasteiger partial charge is 0.328 e. The van der Waals surface area contributed by atoms with E-state index in [0.29, 0.717) is 89.2 Å². The molecule has 16 nitrogen and oxygen atoms in total. The van der Waals surface area contributed by atoms with E-state index in [1.807, 2.05) is 0 Å². The second kappa shape index (κ2) is 20.1. The molecule has 8 N–H and O–H groups in total. The number of nitrogens with zero attached hydrogens (tertiary/aromatic N) is 4. The highest BCUT2D eigenvalue weighted by Crippen LogP contribution is 2.41. The predicted molar refractivity (Wildman–Crippen MR) is 218 cm³/mol. The number of likely N-dealkylation sites (tertiary alicyclic amines) is 4. The normalized spacial score (nSPS) is 23.8. The van der Waals surface area contributed by atoms with Gasteiger partial charge in [0.05, 0.1) is 12.1 Å². The lowest BCUT2D eigenvalue weighted by Crippen LogP contribution is -2.45. The lowest BCUT2D eigenvalue weighted by Gasteiger charge is -2.27. The third-order valence-electron chi connectivity index (χ3n) is 12.9. The molecule has 0 aromatic heterocycles. The minimum atomic E-state index is -1.27. The quantitative estimate of drug-likeness (QED) is 0.101. The molecule has 6 fully saturated rings. The van der Waals surface area contributed by atoms with E-state index in [1.54, 1.807) is 19.6 Å². The number of fused-ring (bicyclic) bond motifs is 2. The number of hydrogen-bond acceptors (Lipinski definition) is 10. The third kappa shape index (κ3) is 11.9. The van der Waals surface area contributed by atoms with E-state index >= 15 is 0 Å². The first-order valence-electron chi connectivity index (χ1n) is 21.5. The first-order chi connectivity index (χ1) is 31.0. The van der Waals surface area contributed by atoms with Crippen molar-refractivity contribution in [3.8, 4) is 0 Å². The van der Waals surface area contributed by atoms with E-state index in [0.717, 1.165) is 25.0 Å². The number of aliphatic carboxylic acids is 2. The van der Waals surface area contributed by atoms with Gasteiger partial charge in [0.15, 0.2) is 23.3 Å². The second-order valence-electron chi connectivity index (χ2n) is 18.0. The van der Waals surface area contributed by atoms with Crippen molar-refractivity contribution < 1.29 is 75.5 Å². The Hall–Kier alpha value is -5.58. The maximum absolute atomic E-state index is 13.8. The topological polar surface area (TPSA) is 248 Å². The molecule has 4 amide bonds. The number of halogens is 6. The minimum absolute atomic E-state index is 0.0560. The molecule has 6 atom stereocenters. The van der Waals surface area contributed by atoms with Gasteiger partial charge >= 0.3 is 11.9 Å². The van der Waals surface area contributed by atoms with Crippen molar-refractivity contribution in [2.75, 3.05) is 39.3 Å². The van der Waals surface area contributed by atoms with Crippen LogP contribution in [0.25, 0.3) is 0 Å². The van der Waals surface area contributed by atoms with E-state index in [4.69, 9.17) is 21.7 Å². The lowest BCUT2D eigenvalue weighted by atomic mass is 10.0. The van der Waals surface area contributed by atoms with E-state index in [2.05, 4.69) is 0 Å². The Balaban J connectivity index is 0.000000188. The van der Waals surface area contributed by atoms with Crippen molar-refractivity contribution in [3.05, 3.63) is 82.4 Å². The monoisotopic (exact) mass is 938 g/mol. The zero-order valence-electron chi connectivity index (χ0n) is 35.7. The Labute approximate surface area is 374 Å². The number of rotatable bonds is 12. The van der Waals surface area contributed by atoms with E-state index < -0.39 is 70.1 Å². The van der Waals surface area contributed by atoms with Crippen LogP contribution in [-0.2, 0) is 41.6 Å². The number of carbonyl (C=O) groups is 6. The van der Waals surface area contributed by atoms with Crippen molar-refractivity contribution in [2.24, 2.45) is 23.3 Å². The number of benzene rings is 2. The molecule has 8 rings (SSSR count). The highest BCUT2D eigenvalue weighted by atomic mass is 19.2. The van der Waals surface area contributed by atoms with Crippen LogP contribution in [0.3, 0.4) is 0 Å². The van der Waals surface area contributed by atoms with E-state index in [9.17, 15) is 65.3 Å². The SMILES string of the molecule is N[C@@H](CC(=O)N1CC[C@H]2CN(C(=O)C3(O)CC3)C[C@H]21)Cc1cc(F)c(F)cc1F.N[C@@H](CC(=O)N1CC[C@H]2CN(C(=O)C3(O)CC3)C[C@H]21)Cc1cc(F)c(F)cc1F.O=C(O)/C=C/C(=O)O. The summed E-state index contributed by atoms with van der Waals surface area (Å²) in [5, 5.41) is 35.7. The number of nitrogens with two attached hydrogens (primary N) is 2. The molecular formula is C44H52F6N6O10. The van der Waals surface area contributed by atoms with Gasteiger partial charge in [-0.3, -0.25) is 19.2 Å². The van der Waals surface area contributed by atoms with Crippen LogP contribution < -0.4 is 11.5 Å². The van der Waals surface area contributed by atoms with Gasteiger partial charge in [0.25, 0.3) is 11.8 Å². The first kappa shape index (κ1) is 49.8. The summed E-state index contributed by atoms with van der Waals surface area (Å²) < 4.78 is 80.4. The van der Waals surface area contributed by atoms with Gasteiger partial charge in [-0.1, -0.05) is 0 Å². The number of carbonyl (C=O) groups excluding carboxylic acids is 4. The first-order valence-corrected chi connectivity index (χ1v) is 21.5. The highest BCUT2D eigenvalue weighted by molar-refractivity contribution is 5.90. The summed E-state index contributed by atoms with van der Waals surface area (Å²) in [7, 11) is 0. The number of carboxylic acid groups (broad SMARTS) is 2. The van der Waals surface area contributed by atoms with Crippen LogP contribution in [0.4, 0.5) is 26.3 Å². The van der Waals surface area contributed by atoms with Crippen molar-refractivity contribution >= 4 is 35.6 Å². The average Bonchev–Trinajstić information content (AvgIpc) is 3.86. The average molecular weight is 939 g/mol. The van der Waals surface area contributed by atoms with Crippen molar-refractivity contribution in [1.29, 1.82) is 0 Å². The maximum Gasteiger partial charge on any atom is 0.328 e.